The van der Waals surface area contributed by atoms with E-state index in [1.165, 1.54) is 18.2 Å². The van der Waals surface area contributed by atoms with Crippen molar-refractivity contribution >= 4 is 17.5 Å². The summed E-state index contributed by atoms with van der Waals surface area (Å²) in [5, 5.41) is 19.4. The highest BCUT2D eigenvalue weighted by atomic mass is 16.5. The molecule has 0 spiro atoms. The lowest BCUT2D eigenvalue weighted by atomic mass is 10.0. The molecule has 0 heterocycles. The Bertz CT molecular complexity index is 830. The van der Waals surface area contributed by atoms with E-state index >= 15 is 0 Å². The normalized spacial score (nSPS) is 10.9. The molecule has 0 unspecified atom stereocenters. The highest BCUT2D eigenvalue weighted by Gasteiger charge is 2.16. The van der Waals surface area contributed by atoms with Crippen LogP contribution in [0.5, 0.6) is 23.0 Å². The zero-order chi connectivity index (χ0) is 19.8. The van der Waals surface area contributed by atoms with Gasteiger partial charge in [0.2, 0.25) is 0 Å². The molecule has 27 heavy (non-hydrogen) atoms. The summed E-state index contributed by atoms with van der Waals surface area (Å²) in [5.74, 6) is -0.224. The number of anilines is 1. The number of unbranched alkanes of at least 4 members (excludes halogenated alkanes) is 2. The van der Waals surface area contributed by atoms with Gasteiger partial charge in [0.05, 0.1) is 19.3 Å². The molecule has 144 valence electrons. The fraction of sp³-hybridized carbons (Fsp3) is 0.286. The third-order valence-electron chi connectivity index (χ3n) is 4.06. The third-order valence-corrected chi connectivity index (χ3v) is 4.06. The van der Waals surface area contributed by atoms with Crippen molar-refractivity contribution in [2.75, 3.05) is 19.5 Å². The van der Waals surface area contributed by atoms with Gasteiger partial charge in [-0.15, -0.1) is 0 Å². The Hall–Kier alpha value is -3.15. The van der Waals surface area contributed by atoms with Gasteiger partial charge in [0.15, 0.2) is 28.8 Å². The van der Waals surface area contributed by atoms with Crippen LogP contribution in [0.2, 0.25) is 0 Å². The van der Waals surface area contributed by atoms with Crippen LogP contribution >= 0.6 is 0 Å². The summed E-state index contributed by atoms with van der Waals surface area (Å²) in [6.07, 6.45) is 6.06. The first-order valence-corrected chi connectivity index (χ1v) is 8.81. The van der Waals surface area contributed by atoms with E-state index in [1.807, 2.05) is 0 Å². The number of carbonyl (C=O) groups is 1. The largest absolute Gasteiger partial charge is 0.504 e. The van der Waals surface area contributed by atoms with E-state index in [4.69, 9.17) is 15.2 Å². The van der Waals surface area contributed by atoms with Crippen molar-refractivity contribution in [2.24, 2.45) is 0 Å². The predicted molar refractivity (Wildman–Crippen MR) is 106 cm³/mol. The third kappa shape index (κ3) is 5.17. The van der Waals surface area contributed by atoms with E-state index in [0.29, 0.717) is 18.1 Å². The van der Waals surface area contributed by atoms with E-state index in [2.05, 4.69) is 6.92 Å². The second kappa shape index (κ2) is 9.52. The molecule has 0 fully saturated rings. The number of aromatic hydroxyl groups is 2. The van der Waals surface area contributed by atoms with Gasteiger partial charge in [0.1, 0.15) is 0 Å². The molecule has 0 saturated heterocycles. The molecular weight excluding hydrogens is 346 g/mol. The SMILES string of the molecule is CCCCCOc1ccc(C=CC(=O)c2c(N)ccc(O)c2O)cc1OC. The average molecular weight is 371 g/mol. The van der Waals surface area contributed by atoms with Crippen LogP contribution in [-0.4, -0.2) is 29.7 Å². The number of nitrogens with two attached hydrogens (primary N) is 1. The van der Waals surface area contributed by atoms with Gasteiger partial charge in [-0.25, -0.2) is 0 Å². The van der Waals surface area contributed by atoms with Crippen molar-refractivity contribution in [3.8, 4) is 23.0 Å². The lowest BCUT2D eigenvalue weighted by molar-refractivity contribution is 0.104. The zero-order valence-electron chi connectivity index (χ0n) is 15.6. The number of ether oxygens (including phenoxy) is 2. The fourth-order valence-electron chi connectivity index (χ4n) is 2.55. The molecule has 0 aliphatic rings. The summed E-state index contributed by atoms with van der Waals surface area (Å²) in [6, 6.07) is 7.94. The Balaban J connectivity index is 2.15. The number of benzene rings is 2. The van der Waals surface area contributed by atoms with Crippen molar-refractivity contribution < 1.29 is 24.5 Å². The van der Waals surface area contributed by atoms with Crippen molar-refractivity contribution in [1.82, 2.24) is 0 Å². The number of allylic oxidation sites excluding steroid dienone is 1. The maximum absolute atomic E-state index is 12.3. The summed E-state index contributed by atoms with van der Waals surface area (Å²) < 4.78 is 11.1. The maximum atomic E-state index is 12.3. The minimum atomic E-state index is -0.530. The molecule has 2 aromatic carbocycles. The van der Waals surface area contributed by atoms with Crippen LogP contribution < -0.4 is 15.2 Å². The van der Waals surface area contributed by atoms with Crippen LogP contribution in [0.1, 0.15) is 42.1 Å². The first-order chi connectivity index (χ1) is 13.0. The number of hydrogen-bond acceptors (Lipinski definition) is 6. The molecule has 0 bridgehead atoms. The van der Waals surface area contributed by atoms with Crippen LogP contribution in [-0.2, 0) is 0 Å². The summed E-state index contributed by atoms with van der Waals surface area (Å²) in [6.45, 7) is 2.75. The molecule has 4 N–H and O–H groups in total. The Morgan fingerprint density at radius 1 is 1.15 bits per heavy atom. The standard InChI is InChI=1S/C21H25NO5/c1-3-4-5-12-27-18-11-7-14(13-19(18)26-2)6-9-16(23)20-15(22)8-10-17(24)21(20)25/h6-11,13,24-25H,3-5,12,22H2,1-2H3. The number of hydrogen-bond donors (Lipinski definition) is 3. The molecule has 0 amide bonds. The molecule has 2 rings (SSSR count). The molecular formula is C21H25NO5. The molecule has 6 heteroatoms. The summed E-state index contributed by atoms with van der Waals surface area (Å²) in [5.41, 5.74) is 6.41. The van der Waals surface area contributed by atoms with E-state index in [0.717, 1.165) is 24.8 Å². The Morgan fingerprint density at radius 2 is 1.93 bits per heavy atom. The van der Waals surface area contributed by atoms with E-state index in [9.17, 15) is 15.0 Å². The van der Waals surface area contributed by atoms with Gasteiger partial charge in [-0.3, -0.25) is 4.79 Å². The Morgan fingerprint density at radius 3 is 2.63 bits per heavy atom. The summed E-state index contributed by atoms with van der Waals surface area (Å²) in [4.78, 5) is 12.3. The molecule has 0 radical (unpaired) electrons. The minimum absolute atomic E-state index is 0.0911. The van der Waals surface area contributed by atoms with Gasteiger partial charge in [-0.2, -0.15) is 0 Å². The van der Waals surface area contributed by atoms with E-state index < -0.39 is 17.3 Å². The second-order valence-electron chi connectivity index (χ2n) is 6.06. The first-order valence-electron chi connectivity index (χ1n) is 8.81. The van der Waals surface area contributed by atoms with Gasteiger partial charge in [0, 0.05) is 5.69 Å². The topological polar surface area (TPSA) is 102 Å². The molecule has 0 aromatic heterocycles. The van der Waals surface area contributed by atoms with Gasteiger partial charge in [-0.05, 0) is 42.3 Å². The first kappa shape index (κ1) is 20.2. The molecule has 2 aromatic rings. The number of methoxy groups -OCH3 is 1. The predicted octanol–water partition coefficient (Wildman–Crippen LogP) is 4.15. The van der Waals surface area contributed by atoms with Gasteiger partial charge >= 0.3 is 0 Å². The lowest BCUT2D eigenvalue weighted by Gasteiger charge is -2.11. The number of ketones is 1. The fourth-order valence-corrected chi connectivity index (χ4v) is 2.55. The van der Waals surface area contributed by atoms with Crippen molar-refractivity contribution in [2.45, 2.75) is 26.2 Å². The van der Waals surface area contributed by atoms with E-state index in [1.54, 1.807) is 31.4 Å². The van der Waals surface area contributed by atoms with Crippen molar-refractivity contribution in [3.05, 3.63) is 47.5 Å². The molecule has 0 aliphatic carbocycles. The Labute approximate surface area is 158 Å². The van der Waals surface area contributed by atoms with Crippen LogP contribution in [0.15, 0.2) is 36.4 Å². The summed E-state index contributed by atoms with van der Waals surface area (Å²) >= 11 is 0. The number of carbonyl (C=O) groups excluding carboxylic acids is 1. The number of rotatable bonds is 9. The van der Waals surface area contributed by atoms with Gasteiger partial charge in [0.25, 0.3) is 0 Å². The van der Waals surface area contributed by atoms with Crippen LogP contribution in [0.25, 0.3) is 6.08 Å². The van der Waals surface area contributed by atoms with Crippen LogP contribution in [0.4, 0.5) is 5.69 Å². The monoisotopic (exact) mass is 371 g/mol. The van der Waals surface area contributed by atoms with Crippen molar-refractivity contribution in [1.29, 1.82) is 0 Å². The number of phenolic OH excluding ortho intramolecular Hbond substituents is 2. The molecule has 0 atom stereocenters. The minimum Gasteiger partial charge on any atom is -0.504 e. The number of phenols is 2. The maximum Gasteiger partial charge on any atom is 0.191 e. The quantitative estimate of drug-likeness (QED) is 0.153. The highest BCUT2D eigenvalue weighted by Crippen LogP contribution is 2.33. The lowest BCUT2D eigenvalue weighted by Crippen LogP contribution is -2.01. The second-order valence-corrected chi connectivity index (χ2v) is 6.06. The highest BCUT2D eigenvalue weighted by molar-refractivity contribution is 6.12. The van der Waals surface area contributed by atoms with Gasteiger partial charge in [-0.1, -0.05) is 31.9 Å². The van der Waals surface area contributed by atoms with Crippen LogP contribution in [0, 0.1) is 0 Å². The summed E-state index contributed by atoms with van der Waals surface area (Å²) in [7, 11) is 1.55. The zero-order valence-corrected chi connectivity index (χ0v) is 15.6. The molecule has 0 aliphatic heterocycles. The van der Waals surface area contributed by atoms with Gasteiger partial charge < -0.3 is 25.4 Å². The van der Waals surface area contributed by atoms with Crippen LogP contribution in [0.3, 0.4) is 0 Å². The molecule has 6 nitrogen and oxygen atoms in total. The average Bonchev–Trinajstić information content (AvgIpc) is 2.67. The van der Waals surface area contributed by atoms with E-state index in [-0.39, 0.29) is 11.3 Å². The smallest absolute Gasteiger partial charge is 0.191 e. The van der Waals surface area contributed by atoms with Crippen molar-refractivity contribution in [3.63, 3.8) is 0 Å². The number of nitrogen functional groups attached to an aromatic ring is 1. The molecule has 0 saturated carbocycles. The Kier molecular flexibility index (Phi) is 7.11.